The number of nitrogens with one attached hydrogen (secondary N) is 1. The van der Waals surface area contributed by atoms with Crippen LogP contribution >= 0.6 is 11.3 Å². The molecule has 0 radical (unpaired) electrons. The molecule has 6 heteroatoms. The number of thiazole rings is 1. The summed E-state index contributed by atoms with van der Waals surface area (Å²) < 4.78 is 0. The number of nitrogens with zero attached hydrogens (tertiary/aromatic N) is 2. The molecule has 0 bridgehead atoms. The van der Waals surface area contributed by atoms with Crippen molar-refractivity contribution in [1.29, 1.82) is 0 Å². The number of hydrogen-bond donors (Lipinski definition) is 1. The molecule has 2 amide bonds. The second kappa shape index (κ2) is 7.56. The van der Waals surface area contributed by atoms with Crippen LogP contribution in [0.4, 0.5) is 10.8 Å². The Kier molecular flexibility index (Phi) is 4.96. The summed E-state index contributed by atoms with van der Waals surface area (Å²) in [5.74, 6) is -0.0697. The molecular weight excluding hydrogens is 370 g/mol. The molecule has 1 N–H and O–H groups in total. The SMILES string of the molecule is Cc1ccc(-c2csc(NC(=O)c3ccc(N4CCCC4=O)cc3)n2)c(C)c1. The van der Waals surface area contributed by atoms with Crippen LogP contribution < -0.4 is 10.2 Å². The topological polar surface area (TPSA) is 62.3 Å². The second-order valence-electron chi connectivity index (χ2n) is 7.01. The van der Waals surface area contributed by atoms with E-state index < -0.39 is 0 Å². The molecule has 0 unspecified atom stereocenters. The largest absolute Gasteiger partial charge is 0.312 e. The van der Waals surface area contributed by atoms with E-state index in [0.29, 0.717) is 17.1 Å². The van der Waals surface area contributed by atoms with E-state index in [9.17, 15) is 9.59 Å². The summed E-state index contributed by atoms with van der Waals surface area (Å²) in [5.41, 5.74) is 5.69. The first-order valence-electron chi connectivity index (χ1n) is 9.26. The van der Waals surface area contributed by atoms with E-state index in [0.717, 1.165) is 35.5 Å². The zero-order chi connectivity index (χ0) is 19.7. The predicted molar refractivity (Wildman–Crippen MR) is 113 cm³/mol. The molecule has 0 aliphatic carbocycles. The molecule has 2 heterocycles. The van der Waals surface area contributed by atoms with Gasteiger partial charge in [0.15, 0.2) is 5.13 Å². The van der Waals surface area contributed by atoms with Crippen LogP contribution in [0.5, 0.6) is 0 Å². The minimum Gasteiger partial charge on any atom is -0.312 e. The van der Waals surface area contributed by atoms with Crippen LogP contribution in [0.25, 0.3) is 11.3 Å². The molecule has 28 heavy (non-hydrogen) atoms. The molecule has 1 aliphatic rings. The first-order chi connectivity index (χ1) is 13.5. The highest BCUT2D eigenvalue weighted by atomic mass is 32.1. The van der Waals surface area contributed by atoms with Gasteiger partial charge in [-0.2, -0.15) is 0 Å². The van der Waals surface area contributed by atoms with Gasteiger partial charge in [0, 0.05) is 35.2 Å². The summed E-state index contributed by atoms with van der Waals surface area (Å²) in [6.07, 6.45) is 1.48. The molecule has 3 aromatic rings. The summed E-state index contributed by atoms with van der Waals surface area (Å²) in [6, 6.07) is 13.4. The first-order valence-corrected chi connectivity index (χ1v) is 10.1. The Hall–Kier alpha value is -2.99. The van der Waals surface area contributed by atoms with Crippen molar-refractivity contribution in [3.8, 4) is 11.3 Å². The minimum absolute atomic E-state index is 0.138. The summed E-state index contributed by atoms with van der Waals surface area (Å²) in [7, 11) is 0. The maximum absolute atomic E-state index is 12.5. The molecular formula is C22H21N3O2S. The lowest BCUT2D eigenvalue weighted by Gasteiger charge is -2.15. The Morgan fingerprint density at radius 3 is 2.61 bits per heavy atom. The number of hydrogen-bond acceptors (Lipinski definition) is 4. The zero-order valence-corrected chi connectivity index (χ0v) is 16.7. The zero-order valence-electron chi connectivity index (χ0n) is 15.9. The van der Waals surface area contributed by atoms with E-state index in [-0.39, 0.29) is 11.8 Å². The average Bonchev–Trinajstić information content (AvgIpc) is 3.31. The molecule has 0 saturated carbocycles. The maximum atomic E-state index is 12.5. The van der Waals surface area contributed by atoms with Crippen LogP contribution in [-0.4, -0.2) is 23.3 Å². The Balaban J connectivity index is 1.47. The molecule has 0 spiro atoms. The molecule has 1 saturated heterocycles. The van der Waals surface area contributed by atoms with Crippen LogP contribution in [0.2, 0.25) is 0 Å². The fourth-order valence-electron chi connectivity index (χ4n) is 3.44. The van der Waals surface area contributed by atoms with E-state index in [4.69, 9.17) is 0 Å². The minimum atomic E-state index is -0.208. The average molecular weight is 391 g/mol. The monoisotopic (exact) mass is 391 g/mol. The van der Waals surface area contributed by atoms with Crippen molar-refractivity contribution < 1.29 is 9.59 Å². The standard InChI is InChI=1S/C22H21N3O2S/c1-14-5-10-18(15(2)12-14)19-13-28-22(23-19)24-21(27)16-6-8-17(9-7-16)25-11-3-4-20(25)26/h5-10,12-13H,3-4,11H2,1-2H3,(H,23,24,27). The third-order valence-corrected chi connectivity index (χ3v) is 5.65. The smallest absolute Gasteiger partial charge is 0.257 e. The van der Waals surface area contributed by atoms with Crippen LogP contribution in [-0.2, 0) is 4.79 Å². The number of aromatic nitrogens is 1. The van der Waals surface area contributed by atoms with Crippen molar-refractivity contribution in [1.82, 2.24) is 4.98 Å². The van der Waals surface area contributed by atoms with Crippen LogP contribution in [0.15, 0.2) is 47.8 Å². The Bertz CT molecular complexity index is 1040. The molecule has 0 atom stereocenters. The van der Waals surface area contributed by atoms with Gasteiger partial charge in [0.05, 0.1) is 5.69 Å². The van der Waals surface area contributed by atoms with Gasteiger partial charge >= 0.3 is 0 Å². The maximum Gasteiger partial charge on any atom is 0.257 e. The quantitative estimate of drug-likeness (QED) is 0.694. The highest BCUT2D eigenvalue weighted by Gasteiger charge is 2.21. The number of amides is 2. The lowest BCUT2D eigenvalue weighted by Crippen LogP contribution is -2.23. The Morgan fingerprint density at radius 1 is 1.14 bits per heavy atom. The number of carbonyl (C=O) groups is 2. The second-order valence-corrected chi connectivity index (χ2v) is 7.86. The first kappa shape index (κ1) is 18.4. The van der Waals surface area contributed by atoms with Crippen molar-refractivity contribution in [3.63, 3.8) is 0 Å². The fourth-order valence-corrected chi connectivity index (χ4v) is 4.14. The van der Waals surface area contributed by atoms with Crippen molar-refractivity contribution in [3.05, 3.63) is 64.5 Å². The Labute approximate surface area is 168 Å². The summed E-state index contributed by atoms with van der Waals surface area (Å²) in [6.45, 7) is 4.87. The highest BCUT2D eigenvalue weighted by Crippen LogP contribution is 2.28. The number of anilines is 2. The lowest BCUT2D eigenvalue weighted by molar-refractivity contribution is -0.117. The summed E-state index contributed by atoms with van der Waals surface area (Å²) in [4.78, 5) is 30.7. The van der Waals surface area contributed by atoms with Crippen LogP contribution in [0.3, 0.4) is 0 Å². The molecule has 1 aliphatic heterocycles. The third-order valence-electron chi connectivity index (χ3n) is 4.90. The van der Waals surface area contributed by atoms with Gasteiger partial charge in [-0.15, -0.1) is 11.3 Å². The van der Waals surface area contributed by atoms with Gasteiger partial charge in [0.25, 0.3) is 5.91 Å². The summed E-state index contributed by atoms with van der Waals surface area (Å²) in [5, 5.41) is 5.39. The number of carbonyl (C=O) groups excluding carboxylic acids is 2. The number of aryl methyl sites for hydroxylation is 2. The third kappa shape index (κ3) is 3.68. The van der Waals surface area contributed by atoms with E-state index in [1.807, 2.05) is 17.5 Å². The summed E-state index contributed by atoms with van der Waals surface area (Å²) >= 11 is 1.41. The van der Waals surface area contributed by atoms with Gasteiger partial charge in [-0.3, -0.25) is 14.9 Å². The van der Waals surface area contributed by atoms with Gasteiger partial charge in [-0.25, -0.2) is 4.98 Å². The van der Waals surface area contributed by atoms with Gasteiger partial charge in [0.2, 0.25) is 5.91 Å². The van der Waals surface area contributed by atoms with Crippen molar-refractivity contribution in [2.24, 2.45) is 0 Å². The number of rotatable bonds is 4. The van der Waals surface area contributed by atoms with E-state index in [1.54, 1.807) is 17.0 Å². The van der Waals surface area contributed by atoms with E-state index in [1.165, 1.54) is 16.9 Å². The van der Waals surface area contributed by atoms with Crippen molar-refractivity contribution in [2.45, 2.75) is 26.7 Å². The van der Waals surface area contributed by atoms with E-state index >= 15 is 0 Å². The predicted octanol–water partition coefficient (Wildman–Crippen LogP) is 4.81. The van der Waals surface area contributed by atoms with E-state index in [2.05, 4.69) is 42.3 Å². The van der Waals surface area contributed by atoms with Crippen LogP contribution in [0, 0.1) is 13.8 Å². The van der Waals surface area contributed by atoms with Crippen molar-refractivity contribution >= 4 is 34.0 Å². The molecule has 4 rings (SSSR count). The van der Waals surface area contributed by atoms with Gasteiger partial charge in [0.1, 0.15) is 0 Å². The number of benzene rings is 2. The molecule has 1 aromatic heterocycles. The normalized spacial score (nSPS) is 13.8. The Morgan fingerprint density at radius 2 is 1.93 bits per heavy atom. The van der Waals surface area contributed by atoms with Gasteiger partial charge < -0.3 is 4.90 Å². The molecule has 5 nitrogen and oxygen atoms in total. The van der Waals surface area contributed by atoms with Crippen LogP contribution in [0.1, 0.15) is 34.3 Å². The lowest BCUT2D eigenvalue weighted by atomic mass is 10.0. The van der Waals surface area contributed by atoms with Gasteiger partial charge in [-0.1, -0.05) is 23.8 Å². The van der Waals surface area contributed by atoms with Crippen molar-refractivity contribution in [2.75, 3.05) is 16.8 Å². The fraction of sp³-hybridized carbons (Fsp3) is 0.227. The highest BCUT2D eigenvalue weighted by molar-refractivity contribution is 7.14. The molecule has 142 valence electrons. The van der Waals surface area contributed by atoms with Gasteiger partial charge in [-0.05, 0) is 50.1 Å². The molecule has 2 aromatic carbocycles. The molecule has 1 fully saturated rings.